The van der Waals surface area contributed by atoms with Crippen LogP contribution in [0.3, 0.4) is 0 Å². The maximum atomic E-state index is 14.8. The number of rotatable bonds is 8. The number of carbonyl (C=O) groups is 1. The van der Waals surface area contributed by atoms with Crippen LogP contribution in [-0.2, 0) is 23.9 Å². The zero-order valence-corrected chi connectivity index (χ0v) is 31.3. The van der Waals surface area contributed by atoms with Crippen molar-refractivity contribution >= 4 is 62.7 Å². The highest BCUT2D eigenvalue weighted by molar-refractivity contribution is 6.39. The van der Waals surface area contributed by atoms with Gasteiger partial charge in [0, 0.05) is 61.1 Å². The van der Waals surface area contributed by atoms with E-state index < -0.39 is 23.6 Å². The summed E-state index contributed by atoms with van der Waals surface area (Å²) in [4.78, 5) is 29.6. The minimum atomic E-state index is -4.72. The third kappa shape index (κ3) is 6.64. The van der Waals surface area contributed by atoms with E-state index in [2.05, 4.69) is 26.3 Å². The molecule has 3 N–H and O–H groups in total. The van der Waals surface area contributed by atoms with Crippen molar-refractivity contribution in [3.8, 4) is 22.6 Å². The molecule has 0 bridgehead atoms. The smallest absolute Gasteiger partial charge is 0.420 e. The first kappa shape index (κ1) is 36.8. The molecule has 288 valence electrons. The molecule has 56 heavy (non-hydrogen) atoms. The quantitative estimate of drug-likeness (QED) is 0.137. The molecular weight excluding hydrogens is 768 g/mol. The lowest BCUT2D eigenvalue weighted by Gasteiger charge is -2.25. The Hall–Kier alpha value is -4.79. The summed E-state index contributed by atoms with van der Waals surface area (Å²) in [6.45, 7) is 2.93. The number of carboxylic acids is 1. The van der Waals surface area contributed by atoms with Crippen molar-refractivity contribution in [1.82, 2.24) is 24.8 Å². The number of halogens is 5. The standard InChI is InChI=1S/C41H35Cl2F3N6O4/c42-34-26(27-4-2-6-30(35(27)43)49-38-36-22(9-12-47-38)15-21(17-48-36)18-51-13-11-24(53)20-51)3-1-5-28(34)39-50-31-16-29-25(33(37(31)56-39)41(44,45)46)7-8-32(29)52-14-10-23(19-52)40(54)55/h1-6,9,12,15-17,23-24,32,53H,7-8,10-11,13-14,18-20H2,(H,47,49)(H,54,55)/t23-,24-,32-/m1/s1. The van der Waals surface area contributed by atoms with Gasteiger partial charge in [-0.2, -0.15) is 13.2 Å². The molecule has 0 saturated carbocycles. The molecule has 2 saturated heterocycles. The van der Waals surface area contributed by atoms with Crippen LogP contribution in [0.15, 0.2) is 71.4 Å². The monoisotopic (exact) mass is 802 g/mol. The maximum absolute atomic E-state index is 14.8. The van der Waals surface area contributed by atoms with Crippen LogP contribution in [0.25, 0.3) is 44.6 Å². The Bertz CT molecular complexity index is 2530. The number of aliphatic carboxylic acids is 1. The third-order valence-electron chi connectivity index (χ3n) is 11.2. The molecule has 3 atom stereocenters. The number of aliphatic hydroxyl groups excluding tert-OH is 1. The van der Waals surface area contributed by atoms with Gasteiger partial charge >= 0.3 is 12.1 Å². The number of fused-ring (bicyclic) bond motifs is 3. The van der Waals surface area contributed by atoms with E-state index in [4.69, 9.17) is 32.6 Å². The number of nitrogens with one attached hydrogen (secondary N) is 1. The van der Waals surface area contributed by atoms with E-state index in [-0.39, 0.29) is 52.7 Å². The fourth-order valence-electron chi connectivity index (χ4n) is 8.56. The molecule has 3 aliphatic rings. The van der Waals surface area contributed by atoms with Crippen LogP contribution in [0.5, 0.6) is 0 Å². The average Bonchev–Trinajstić information content (AvgIpc) is 3.98. The topological polar surface area (TPSA) is 128 Å². The van der Waals surface area contributed by atoms with Gasteiger partial charge in [-0.05, 0) is 79.3 Å². The van der Waals surface area contributed by atoms with Crippen molar-refractivity contribution in [2.75, 3.05) is 31.5 Å². The van der Waals surface area contributed by atoms with Crippen molar-refractivity contribution in [2.45, 2.75) is 50.6 Å². The van der Waals surface area contributed by atoms with E-state index in [1.165, 1.54) is 0 Å². The van der Waals surface area contributed by atoms with Gasteiger partial charge in [0.1, 0.15) is 16.6 Å². The summed E-state index contributed by atoms with van der Waals surface area (Å²) in [6.07, 6.45) is 0.322. The lowest BCUT2D eigenvalue weighted by Crippen LogP contribution is -2.26. The summed E-state index contributed by atoms with van der Waals surface area (Å²) in [5, 5.41) is 24.2. The number of nitrogens with zero attached hydrogens (tertiary/aromatic N) is 5. The molecule has 9 rings (SSSR count). The molecule has 15 heteroatoms. The number of aromatic nitrogens is 3. The molecule has 5 heterocycles. The van der Waals surface area contributed by atoms with E-state index in [1.807, 2.05) is 17.2 Å². The molecule has 0 unspecified atom stereocenters. The highest BCUT2D eigenvalue weighted by atomic mass is 35.5. The first-order chi connectivity index (χ1) is 26.9. The zero-order chi connectivity index (χ0) is 38.9. The van der Waals surface area contributed by atoms with E-state index in [0.29, 0.717) is 76.8 Å². The largest absolute Gasteiger partial charge is 0.481 e. The summed E-state index contributed by atoms with van der Waals surface area (Å²) >= 11 is 14.1. The summed E-state index contributed by atoms with van der Waals surface area (Å²) in [6, 6.07) is 15.8. The number of hydrogen-bond donors (Lipinski definition) is 3. The molecule has 2 fully saturated rings. The SMILES string of the molecule is O=C(O)[C@@H]1CCN([C@@H]2CCc3c2cc2nc(-c4cccc(-c5cccc(Nc6nccc7cc(CN8CC[C@@H](O)C8)cnc67)c5Cl)c4Cl)oc2c3C(F)(F)F)C1. The van der Waals surface area contributed by atoms with Gasteiger partial charge in [-0.15, -0.1) is 0 Å². The third-order valence-corrected chi connectivity index (χ3v) is 12.0. The Morgan fingerprint density at radius 2 is 1.75 bits per heavy atom. The van der Waals surface area contributed by atoms with Crippen molar-refractivity contribution in [3.63, 3.8) is 0 Å². The minimum absolute atomic E-state index is 0.0517. The van der Waals surface area contributed by atoms with Crippen LogP contribution in [0, 0.1) is 5.92 Å². The lowest BCUT2D eigenvalue weighted by molar-refractivity contribution is -0.141. The predicted octanol–water partition coefficient (Wildman–Crippen LogP) is 9.13. The first-order valence-corrected chi connectivity index (χ1v) is 19.2. The average molecular weight is 804 g/mol. The fourth-order valence-corrected chi connectivity index (χ4v) is 9.14. The summed E-state index contributed by atoms with van der Waals surface area (Å²) in [5.74, 6) is -1.02. The second-order valence-corrected chi connectivity index (χ2v) is 15.5. The van der Waals surface area contributed by atoms with E-state index in [9.17, 15) is 28.2 Å². The predicted molar refractivity (Wildman–Crippen MR) is 207 cm³/mol. The van der Waals surface area contributed by atoms with Crippen molar-refractivity contribution < 1.29 is 32.6 Å². The Kier molecular flexibility index (Phi) is 9.40. The van der Waals surface area contributed by atoms with Gasteiger partial charge in [0.2, 0.25) is 5.89 Å². The normalized spacial score (nSPS) is 20.4. The molecule has 3 aromatic heterocycles. The highest BCUT2D eigenvalue weighted by Gasteiger charge is 2.44. The number of alkyl halides is 3. The molecular formula is C41H35Cl2F3N6O4. The first-order valence-electron chi connectivity index (χ1n) is 18.4. The second-order valence-electron chi connectivity index (χ2n) is 14.8. The number of oxazole rings is 1. The minimum Gasteiger partial charge on any atom is -0.481 e. The van der Waals surface area contributed by atoms with Crippen LogP contribution >= 0.6 is 23.2 Å². The molecule has 0 amide bonds. The van der Waals surface area contributed by atoms with E-state index >= 15 is 0 Å². The number of β-amino-alcohol motifs (C(OH)–C–C–N with tert-alkyl or cyclic N) is 1. The molecule has 10 nitrogen and oxygen atoms in total. The second kappa shape index (κ2) is 14.3. The van der Waals surface area contributed by atoms with Crippen LogP contribution in [-0.4, -0.2) is 73.2 Å². The molecule has 2 aliphatic heterocycles. The number of pyridine rings is 2. The van der Waals surface area contributed by atoms with Gasteiger partial charge in [0.25, 0.3) is 0 Å². The van der Waals surface area contributed by atoms with Crippen molar-refractivity contribution in [1.29, 1.82) is 0 Å². The molecule has 3 aromatic carbocycles. The highest BCUT2D eigenvalue weighted by Crippen LogP contribution is 2.49. The Labute approximate surface area is 328 Å². The van der Waals surface area contributed by atoms with Gasteiger partial charge in [0.05, 0.1) is 33.3 Å². The van der Waals surface area contributed by atoms with Gasteiger partial charge < -0.3 is 19.9 Å². The number of benzene rings is 3. The molecule has 0 spiro atoms. The summed E-state index contributed by atoms with van der Waals surface area (Å²) < 4.78 is 50.4. The van der Waals surface area contributed by atoms with Gasteiger partial charge in [-0.3, -0.25) is 19.6 Å². The number of aliphatic hydroxyl groups is 1. The van der Waals surface area contributed by atoms with E-state index in [0.717, 1.165) is 23.9 Å². The van der Waals surface area contributed by atoms with Crippen LogP contribution in [0.2, 0.25) is 10.0 Å². The maximum Gasteiger partial charge on any atom is 0.420 e. The van der Waals surface area contributed by atoms with Gasteiger partial charge in [0.15, 0.2) is 11.4 Å². The molecule has 1 aliphatic carbocycles. The Balaban J connectivity index is 1.03. The van der Waals surface area contributed by atoms with Crippen molar-refractivity contribution in [2.24, 2.45) is 5.92 Å². The number of carboxylic acid groups (broad SMARTS) is 1. The fraction of sp³-hybridized carbons (Fsp3) is 0.317. The van der Waals surface area contributed by atoms with Crippen molar-refractivity contribution in [3.05, 3.63) is 99.3 Å². The summed E-state index contributed by atoms with van der Waals surface area (Å²) in [5.41, 5.74) is 3.08. The van der Waals surface area contributed by atoms with Gasteiger partial charge in [-0.25, -0.2) is 9.97 Å². The Morgan fingerprint density at radius 3 is 2.50 bits per heavy atom. The molecule has 0 radical (unpaired) electrons. The Morgan fingerprint density at radius 1 is 0.964 bits per heavy atom. The van der Waals surface area contributed by atoms with Crippen LogP contribution in [0.1, 0.15) is 47.6 Å². The zero-order valence-electron chi connectivity index (χ0n) is 29.8. The van der Waals surface area contributed by atoms with Crippen LogP contribution < -0.4 is 5.32 Å². The lowest BCUT2D eigenvalue weighted by atomic mass is 10.00. The molecule has 6 aromatic rings. The summed E-state index contributed by atoms with van der Waals surface area (Å²) in [7, 11) is 0. The number of anilines is 2. The van der Waals surface area contributed by atoms with Gasteiger partial charge in [-0.1, -0.05) is 47.5 Å². The van der Waals surface area contributed by atoms with Crippen LogP contribution in [0.4, 0.5) is 24.7 Å². The van der Waals surface area contributed by atoms with E-state index in [1.54, 1.807) is 48.7 Å². The number of likely N-dealkylation sites (tertiary alicyclic amines) is 2. The number of hydrogen-bond acceptors (Lipinski definition) is 9.